The number of nitrogens with zero attached hydrogens (tertiary/aromatic N) is 4. The summed E-state index contributed by atoms with van der Waals surface area (Å²) >= 11 is 0. The number of carbonyl (C=O) groups excluding carboxylic acids is 1. The van der Waals surface area contributed by atoms with E-state index in [0.29, 0.717) is 18.7 Å². The lowest BCUT2D eigenvalue weighted by Crippen LogP contribution is -2.55. The van der Waals surface area contributed by atoms with Gasteiger partial charge in [0.1, 0.15) is 23.6 Å². The molecule has 1 N–H and O–H groups in total. The summed E-state index contributed by atoms with van der Waals surface area (Å²) in [5, 5.41) is 7.35. The molecule has 7 nitrogen and oxygen atoms in total. The van der Waals surface area contributed by atoms with Crippen LogP contribution in [0, 0.1) is 0 Å². The van der Waals surface area contributed by atoms with Gasteiger partial charge in [-0.2, -0.15) is 5.10 Å². The number of methoxy groups -OCH3 is 1. The molecule has 1 atom stereocenters. The highest BCUT2D eigenvalue weighted by atomic mass is 16.5. The summed E-state index contributed by atoms with van der Waals surface area (Å²) in [5.41, 5.74) is 2.00. The van der Waals surface area contributed by atoms with Gasteiger partial charge in [-0.05, 0) is 17.7 Å². The van der Waals surface area contributed by atoms with Crippen molar-refractivity contribution in [3.05, 3.63) is 72.3 Å². The van der Waals surface area contributed by atoms with Crippen molar-refractivity contribution in [2.45, 2.75) is 19.0 Å². The SMILES string of the molecule is COc1ccccc1-n1ncnc1C[C@@H]1C(=O)NCCN1Cc1ccccc1. The summed E-state index contributed by atoms with van der Waals surface area (Å²) < 4.78 is 7.21. The second kappa shape index (κ2) is 8.22. The second-order valence-electron chi connectivity index (χ2n) is 6.73. The predicted octanol–water partition coefficient (Wildman–Crippen LogP) is 1.82. The third kappa shape index (κ3) is 3.75. The van der Waals surface area contributed by atoms with E-state index in [-0.39, 0.29) is 11.9 Å². The zero-order valence-electron chi connectivity index (χ0n) is 15.8. The molecule has 3 aromatic rings. The molecule has 28 heavy (non-hydrogen) atoms. The van der Waals surface area contributed by atoms with Crippen LogP contribution in [0.1, 0.15) is 11.4 Å². The minimum atomic E-state index is -0.299. The van der Waals surface area contributed by atoms with Crippen LogP contribution in [0.2, 0.25) is 0 Å². The standard InChI is InChI=1S/C21H23N5O2/c1-28-19-10-6-5-9-17(19)26-20(23-15-24-26)13-18-21(27)22-11-12-25(18)14-16-7-3-2-4-8-16/h2-10,15,18H,11-14H2,1H3,(H,22,27)/t18-/m1/s1. The smallest absolute Gasteiger partial charge is 0.237 e. The topological polar surface area (TPSA) is 72.3 Å². The highest BCUT2D eigenvalue weighted by molar-refractivity contribution is 5.82. The lowest BCUT2D eigenvalue weighted by atomic mass is 10.1. The first-order valence-electron chi connectivity index (χ1n) is 9.34. The van der Waals surface area contributed by atoms with Crippen molar-refractivity contribution >= 4 is 5.91 Å². The maximum Gasteiger partial charge on any atom is 0.237 e. The first-order chi connectivity index (χ1) is 13.8. The molecule has 4 rings (SSSR count). The molecule has 0 unspecified atom stereocenters. The maximum absolute atomic E-state index is 12.7. The van der Waals surface area contributed by atoms with Crippen LogP contribution in [0.4, 0.5) is 0 Å². The lowest BCUT2D eigenvalue weighted by Gasteiger charge is -2.34. The number of amides is 1. The van der Waals surface area contributed by atoms with Crippen LogP contribution in [0.5, 0.6) is 5.75 Å². The van der Waals surface area contributed by atoms with Crippen LogP contribution < -0.4 is 10.1 Å². The first-order valence-corrected chi connectivity index (χ1v) is 9.34. The van der Waals surface area contributed by atoms with Gasteiger partial charge < -0.3 is 10.1 Å². The summed E-state index contributed by atoms with van der Waals surface area (Å²) in [6.45, 7) is 2.18. The van der Waals surface area contributed by atoms with Crippen LogP contribution in [-0.2, 0) is 17.8 Å². The highest BCUT2D eigenvalue weighted by Crippen LogP contribution is 2.23. The van der Waals surface area contributed by atoms with Crippen molar-refractivity contribution in [2.24, 2.45) is 0 Å². The molecule has 7 heteroatoms. The largest absolute Gasteiger partial charge is 0.494 e. The molecule has 1 fully saturated rings. The van der Waals surface area contributed by atoms with Crippen molar-refractivity contribution in [3.8, 4) is 11.4 Å². The fourth-order valence-electron chi connectivity index (χ4n) is 3.57. The van der Waals surface area contributed by atoms with Crippen LogP contribution in [-0.4, -0.2) is 51.8 Å². The number of nitrogens with one attached hydrogen (secondary N) is 1. The number of benzene rings is 2. The Morgan fingerprint density at radius 2 is 1.93 bits per heavy atom. The fraction of sp³-hybridized carbons (Fsp3) is 0.286. The van der Waals surface area contributed by atoms with Crippen molar-refractivity contribution < 1.29 is 9.53 Å². The van der Waals surface area contributed by atoms with E-state index in [1.807, 2.05) is 42.5 Å². The van der Waals surface area contributed by atoms with Crippen molar-refractivity contribution in [3.63, 3.8) is 0 Å². The van der Waals surface area contributed by atoms with E-state index in [0.717, 1.165) is 24.6 Å². The molecule has 2 heterocycles. The molecule has 0 aliphatic carbocycles. The van der Waals surface area contributed by atoms with Gasteiger partial charge in [-0.3, -0.25) is 9.69 Å². The Kier molecular flexibility index (Phi) is 5.34. The number of ether oxygens (including phenoxy) is 1. The van der Waals surface area contributed by atoms with E-state index in [4.69, 9.17) is 4.74 Å². The van der Waals surface area contributed by atoms with E-state index in [1.54, 1.807) is 11.8 Å². The molecule has 0 radical (unpaired) electrons. The molecule has 2 aromatic carbocycles. The monoisotopic (exact) mass is 377 g/mol. The number of aromatic nitrogens is 3. The van der Waals surface area contributed by atoms with E-state index in [9.17, 15) is 4.79 Å². The minimum absolute atomic E-state index is 0.0248. The number of hydrogen-bond acceptors (Lipinski definition) is 5. The molecule has 144 valence electrons. The summed E-state index contributed by atoms with van der Waals surface area (Å²) in [6, 6.07) is 17.6. The van der Waals surface area contributed by atoms with Gasteiger partial charge in [-0.25, -0.2) is 9.67 Å². The van der Waals surface area contributed by atoms with Crippen molar-refractivity contribution in [2.75, 3.05) is 20.2 Å². The average molecular weight is 377 g/mol. The van der Waals surface area contributed by atoms with E-state index < -0.39 is 0 Å². The third-order valence-corrected chi connectivity index (χ3v) is 4.98. The van der Waals surface area contributed by atoms with Crippen molar-refractivity contribution in [1.29, 1.82) is 0 Å². The van der Waals surface area contributed by atoms with E-state index in [1.165, 1.54) is 11.9 Å². The molecular formula is C21H23N5O2. The molecule has 1 saturated heterocycles. The van der Waals surface area contributed by atoms with E-state index >= 15 is 0 Å². The Hall–Kier alpha value is -3.19. The Morgan fingerprint density at radius 1 is 1.14 bits per heavy atom. The van der Waals surface area contributed by atoms with Gasteiger partial charge in [-0.15, -0.1) is 0 Å². The van der Waals surface area contributed by atoms with Gasteiger partial charge in [0, 0.05) is 26.1 Å². The Bertz CT molecular complexity index is 941. The van der Waals surface area contributed by atoms with Crippen LogP contribution in [0.15, 0.2) is 60.9 Å². The normalized spacial score (nSPS) is 17.3. The molecular weight excluding hydrogens is 354 g/mol. The number of rotatable bonds is 6. The fourth-order valence-corrected chi connectivity index (χ4v) is 3.57. The predicted molar refractivity (Wildman–Crippen MR) is 105 cm³/mol. The number of hydrogen-bond donors (Lipinski definition) is 1. The molecule has 0 spiro atoms. The zero-order valence-corrected chi connectivity index (χ0v) is 15.8. The zero-order chi connectivity index (χ0) is 19.3. The summed E-state index contributed by atoms with van der Waals surface area (Å²) in [4.78, 5) is 19.3. The van der Waals surface area contributed by atoms with Gasteiger partial charge in [0.25, 0.3) is 0 Å². The molecule has 1 aromatic heterocycles. The average Bonchev–Trinajstić information content (AvgIpc) is 3.19. The third-order valence-electron chi connectivity index (χ3n) is 4.98. The van der Waals surface area contributed by atoms with Gasteiger partial charge in [0.15, 0.2) is 0 Å². The molecule has 1 amide bonds. The van der Waals surface area contributed by atoms with Crippen molar-refractivity contribution in [1.82, 2.24) is 25.0 Å². The maximum atomic E-state index is 12.7. The summed E-state index contributed by atoms with van der Waals surface area (Å²) in [7, 11) is 1.63. The Balaban J connectivity index is 1.60. The first kappa shape index (κ1) is 18.2. The van der Waals surface area contributed by atoms with Gasteiger partial charge >= 0.3 is 0 Å². The number of para-hydroxylation sites is 2. The lowest BCUT2D eigenvalue weighted by molar-refractivity contribution is -0.129. The minimum Gasteiger partial charge on any atom is -0.494 e. The van der Waals surface area contributed by atoms with E-state index in [2.05, 4.69) is 32.4 Å². The van der Waals surface area contributed by atoms with Gasteiger partial charge in [-0.1, -0.05) is 42.5 Å². The number of piperazine rings is 1. The summed E-state index contributed by atoms with van der Waals surface area (Å²) in [5.74, 6) is 1.46. The van der Waals surface area contributed by atoms with Crippen LogP contribution >= 0.6 is 0 Å². The molecule has 0 saturated carbocycles. The second-order valence-corrected chi connectivity index (χ2v) is 6.73. The summed E-state index contributed by atoms with van der Waals surface area (Å²) in [6.07, 6.45) is 1.99. The highest BCUT2D eigenvalue weighted by Gasteiger charge is 2.31. The molecule has 1 aliphatic heterocycles. The Labute approximate surface area is 164 Å². The van der Waals surface area contributed by atoms with Gasteiger partial charge in [0.05, 0.1) is 13.2 Å². The quantitative estimate of drug-likeness (QED) is 0.709. The number of carbonyl (C=O) groups is 1. The Morgan fingerprint density at radius 3 is 2.75 bits per heavy atom. The van der Waals surface area contributed by atoms with Crippen LogP contribution in [0.25, 0.3) is 5.69 Å². The van der Waals surface area contributed by atoms with Gasteiger partial charge in [0.2, 0.25) is 5.91 Å². The van der Waals surface area contributed by atoms with Crippen LogP contribution in [0.3, 0.4) is 0 Å². The molecule has 1 aliphatic rings. The molecule has 0 bridgehead atoms.